The van der Waals surface area contributed by atoms with Gasteiger partial charge in [-0.25, -0.2) is 0 Å². The van der Waals surface area contributed by atoms with Gasteiger partial charge in [0.25, 0.3) is 0 Å². The van der Waals surface area contributed by atoms with Crippen LogP contribution in [0.1, 0.15) is 26.7 Å². The van der Waals surface area contributed by atoms with E-state index in [9.17, 15) is 9.59 Å². The van der Waals surface area contributed by atoms with Crippen LogP contribution in [0.5, 0.6) is 0 Å². The summed E-state index contributed by atoms with van der Waals surface area (Å²) in [5.41, 5.74) is -1.35. The van der Waals surface area contributed by atoms with Gasteiger partial charge in [0.15, 0.2) is 0 Å². The van der Waals surface area contributed by atoms with E-state index in [1.54, 1.807) is 0 Å². The molecule has 1 amide bonds. The monoisotopic (exact) mass is 228 g/mol. The minimum atomic E-state index is -1.35. The standard InChI is InChI=1S/C11H20N2O3/c1-11(2,10(15)16)9(14)12-8-5-4-6-13(3)7-8/h8H,4-7H2,1-3H3,(H,12,14)(H,15,16). The number of likely N-dealkylation sites (N-methyl/N-ethyl adjacent to an activating group) is 1. The summed E-state index contributed by atoms with van der Waals surface area (Å²) in [5.74, 6) is -1.49. The van der Waals surface area contributed by atoms with E-state index >= 15 is 0 Å². The van der Waals surface area contributed by atoms with Crippen LogP contribution in [0.2, 0.25) is 0 Å². The van der Waals surface area contributed by atoms with Gasteiger partial charge in [-0.1, -0.05) is 0 Å². The van der Waals surface area contributed by atoms with E-state index in [2.05, 4.69) is 10.2 Å². The average Bonchev–Trinajstić information content (AvgIpc) is 2.17. The maximum Gasteiger partial charge on any atom is 0.318 e. The van der Waals surface area contributed by atoms with Gasteiger partial charge in [0.2, 0.25) is 5.91 Å². The summed E-state index contributed by atoms with van der Waals surface area (Å²) >= 11 is 0. The molecule has 92 valence electrons. The van der Waals surface area contributed by atoms with Crippen LogP contribution in [0.15, 0.2) is 0 Å². The van der Waals surface area contributed by atoms with Crippen LogP contribution < -0.4 is 5.32 Å². The molecule has 1 aliphatic rings. The summed E-state index contributed by atoms with van der Waals surface area (Å²) in [7, 11) is 2.00. The Kier molecular flexibility index (Phi) is 3.91. The molecule has 1 aliphatic heterocycles. The van der Waals surface area contributed by atoms with Crippen LogP contribution in [-0.2, 0) is 9.59 Å². The number of carboxylic acids is 1. The molecule has 0 aromatic carbocycles. The number of hydrogen-bond donors (Lipinski definition) is 2. The predicted molar refractivity (Wildman–Crippen MR) is 60.1 cm³/mol. The zero-order chi connectivity index (χ0) is 12.3. The van der Waals surface area contributed by atoms with Gasteiger partial charge in [0.1, 0.15) is 5.41 Å². The lowest BCUT2D eigenvalue weighted by molar-refractivity contribution is -0.153. The van der Waals surface area contributed by atoms with Crippen LogP contribution in [-0.4, -0.2) is 48.1 Å². The Balaban J connectivity index is 2.54. The molecule has 2 N–H and O–H groups in total. The Morgan fingerprint density at radius 3 is 2.56 bits per heavy atom. The van der Waals surface area contributed by atoms with Crippen molar-refractivity contribution in [3.05, 3.63) is 0 Å². The molecule has 5 nitrogen and oxygen atoms in total. The van der Waals surface area contributed by atoms with Crippen molar-refractivity contribution in [3.8, 4) is 0 Å². The van der Waals surface area contributed by atoms with Gasteiger partial charge in [-0.2, -0.15) is 0 Å². The predicted octanol–water partition coefficient (Wildman–Crippen LogP) is 0.308. The molecule has 0 bridgehead atoms. The van der Waals surface area contributed by atoms with Crippen molar-refractivity contribution >= 4 is 11.9 Å². The molecule has 1 heterocycles. The molecule has 1 saturated heterocycles. The van der Waals surface area contributed by atoms with Crippen molar-refractivity contribution < 1.29 is 14.7 Å². The van der Waals surface area contributed by atoms with Crippen molar-refractivity contribution in [2.45, 2.75) is 32.7 Å². The largest absolute Gasteiger partial charge is 0.480 e. The lowest BCUT2D eigenvalue weighted by Crippen LogP contribution is -2.51. The van der Waals surface area contributed by atoms with Crippen LogP contribution in [0.3, 0.4) is 0 Å². The average molecular weight is 228 g/mol. The second-order valence-corrected chi connectivity index (χ2v) is 5.01. The van der Waals surface area contributed by atoms with Gasteiger partial charge in [0.05, 0.1) is 0 Å². The number of nitrogens with one attached hydrogen (secondary N) is 1. The smallest absolute Gasteiger partial charge is 0.318 e. The fourth-order valence-corrected chi connectivity index (χ4v) is 1.75. The third kappa shape index (κ3) is 2.95. The summed E-state index contributed by atoms with van der Waals surface area (Å²) in [6.45, 7) is 4.69. The zero-order valence-electron chi connectivity index (χ0n) is 10.1. The molecule has 0 aromatic rings. The topological polar surface area (TPSA) is 69.6 Å². The van der Waals surface area contributed by atoms with Crippen LogP contribution >= 0.6 is 0 Å². The summed E-state index contributed by atoms with van der Waals surface area (Å²) in [6, 6.07) is 0.0740. The van der Waals surface area contributed by atoms with Crippen LogP contribution in [0, 0.1) is 5.41 Å². The molecule has 5 heteroatoms. The van der Waals surface area contributed by atoms with Crippen molar-refractivity contribution in [2.24, 2.45) is 5.41 Å². The number of hydrogen-bond acceptors (Lipinski definition) is 3. The molecule has 0 saturated carbocycles. The lowest BCUT2D eigenvalue weighted by atomic mass is 9.91. The van der Waals surface area contributed by atoms with Crippen LogP contribution in [0.25, 0.3) is 0 Å². The van der Waals surface area contributed by atoms with E-state index in [-0.39, 0.29) is 6.04 Å². The Bertz CT molecular complexity index is 289. The molecule has 1 rings (SSSR count). The Morgan fingerprint density at radius 1 is 1.44 bits per heavy atom. The summed E-state index contributed by atoms with van der Waals surface area (Å²) in [6.07, 6.45) is 1.96. The number of aliphatic carboxylic acids is 1. The minimum absolute atomic E-state index is 0.0740. The number of carbonyl (C=O) groups excluding carboxylic acids is 1. The van der Waals surface area contributed by atoms with E-state index in [0.717, 1.165) is 25.9 Å². The molecule has 0 radical (unpaired) electrons. The minimum Gasteiger partial charge on any atom is -0.480 e. The van der Waals surface area contributed by atoms with E-state index in [4.69, 9.17) is 5.11 Å². The first-order valence-electron chi connectivity index (χ1n) is 5.57. The fourth-order valence-electron chi connectivity index (χ4n) is 1.75. The Morgan fingerprint density at radius 2 is 2.06 bits per heavy atom. The number of nitrogens with zero attached hydrogens (tertiary/aromatic N) is 1. The first kappa shape index (κ1) is 13.0. The molecular formula is C11H20N2O3. The van der Waals surface area contributed by atoms with Gasteiger partial charge >= 0.3 is 5.97 Å². The SMILES string of the molecule is CN1CCCC(NC(=O)C(C)(C)C(=O)O)C1. The highest BCUT2D eigenvalue weighted by molar-refractivity contribution is 6.01. The first-order chi connectivity index (χ1) is 7.34. The second kappa shape index (κ2) is 4.82. The molecule has 1 fully saturated rings. The molecule has 16 heavy (non-hydrogen) atoms. The van der Waals surface area contributed by atoms with Crippen molar-refractivity contribution in [1.82, 2.24) is 10.2 Å². The van der Waals surface area contributed by atoms with Crippen molar-refractivity contribution in [3.63, 3.8) is 0 Å². The van der Waals surface area contributed by atoms with Crippen molar-refractivity contribution in [2.75, 3.05) is 20.1 Å². The summed E-state index contributed by atoms with van der Waals surface area (Å²) < 4.78 is 0. The number of amides is 1. The quantitative estimate of drug-likeness (QED) is 0.682. The van der Waals surface area contributed by atoms with Gasteiger partial charge in [-0.05, 0) is 40.3 Å². The summed E-state index contributed by atoms with van der Waals surface area (Å²) in [5, 5.41) is 11.7. The first-order valence-corrected chi connectivity index (χ1v) is 5.57. The number of carboxylic acid groups (broad SMARTS) is 1. The molecular weight excluding hydrogens is 208 g/mol. The Hall–Kier alpha value is -1.10. The van der Waals surface area contributed by atoms with Crippen LogP contribution in [0.4, 0.5) is 0 Å². The zero-order valence-corrected chi connectivity index (χ0v) is 10.1. The molecule has 1 atom stereocenters. The molecule has 1 unspecified atom stereocenters. The maximum atomic E-state index is 11.8. The molecule has 0 aliphatic carbocycles. The number of likely N-dealkylation sites (tertiary alicyclic amines) is 1. The third-order valence-electron chi connectivity index (χ3n) is 3.06. The van der Waals surface area contributed by atoms with E-state index in [1.165, 1.54) is 13.8 Å². The number of rotatable bonds is 3. The van der Waals surface area contributed by atoms with Gasteiger partial charge < -0.3 is 15.3 Å². The molecule has 0 aromatic heterocycles. The van der Waals surface area contributed by atoms with Gasteiger partial charge in [0, 0.05) is 12.6 Å². The van der Waals surface area contributed by atoms with Crippen molar-refractivity contribution in [1.29, 1.82) is 0 Å². The van der Waals surface area contributed by atoms with E-state index in [1.807, 2.05) is 7.05 Å². The highest BCUT2D eigenvalue weighted by Gasteiger charge is 2.37. The Labute approximate surface area is 95.8 Å². The second-order valence-electron chi connectivity index (χ2n) is 5.01. The van der Waals surface area contributed by atoms with E-state index < -0.39 is 17.3 Å². The fraction of sp³-hybridized carbons (Fsp3) is 0.818. The molecule has 0 spiro atoms. The highest BCUT2D eigenvalue weighted by Crippen LogP contribution is 2.17. The number of piperidine rings is 1. The van der Waals surface area contributed by atoms with Gasteiger partial charge in [-0.3, -0.25) is 9.59 Å². The lowest BCUT2D eigenvalue weighted by Gasteiger charge is -2.32. The van der Waals surface area contributed by atoms with Gasteiger partial charge in [-0.15, -0.1) is 0 Å². The highest BCUT2D eigenvalue weighted by atomic mass is 16.4. The summed E-state index contributed by atoms with van der Waals surface area (Å²) in [4.78, 5) is 24.8. The van der Waals surface area contributed by atoms with E-state index in [0.29, 0.717) is 0 Å². The number of carbonyl (C=O) groups is 2. The normalized spacial score (nSPS) is 22.8. The maximum absolute atomic E-state index is 11.8. The third-order valence-corrected chi connectivity index (χ3v) is 3.06.